The largest absolute Gasteiger partial charge is 0.493 e. The van der Waals surface area contributed by atoms with Crippen molar-refractivity contribution in [3.8, 4) is 11.5 Å². The number of hydrogen-bond acceptors (Lipinski definition) is 7. The van der Waals surface area contributed by atoms with Crippen LogP contribution >= 0.6 is 0 Å². The van der Waals surface area contributed by atoms with Crippen LogP contribution in [0.15, 0.2) is 36.4 Å². The Hall–Kier alpha value is -3.69. The van der Waals surface area contributed by atoms with Crippen molar-refractivity contribution in [2.45, 2.75) is 32.6 Å². The highest BCUT2D eigenvalue weighted by Crippen LogP contribution is 2.39. The lowest BCUT2D eigenvalue weighted by Gasteiger charge is -2.13. The second-order valence-electron chi connectivity index (χ2n) is 6.74. The molecule has 166 valence electrons. The van der Waals surface area contributed by atoms with Gasteiger partial charge in [0.25, 0.3) is 11.6 Å². The van der Waals surface area contributed by atoms with E-state index in [0.29, 0.717) is 6.42 Å². The molecule has 0 fully saturated rings. The minimum absolute atomic E-state index is 0.0203. The first kappa shape index (κ1) is 23.6. The number of ether oxygens (including phenoxy) is 2. The second kappa shape index (κ2) is 11.5. The maximum atomic E-state index is 12.6. The van der Waals surface area contributed by atoms with E-state index in [0.717, 1.165) is 24.8 Å². The number of carbonyl (C=O) groups excluding carboxylic acids is 1. The van der Waals surface area contributed by atoms with Crippen molar-refractivity contribution in [1.29, 1.82) is 0 Å². The Balaban J connectivity index is 2.13. The highest BCUT2D eigenvalue weighted by molar-refractivity contribution is 5.99. The Morgan fingerprint density at radius 1 is 1.03 bits per heavy atom. The van der Waals surface area contributed by atoms with Crippen molar-refractivity contribution >= 4 is 17.3 Å². The first-order valence-corrected chi connectivity index (χ1v) is 9.88. The van der Waals surface area contributed by atoms with Gasteiger partial charge in [-0.3, -0.25) is 25.0 Å². The van der Waals surface area contributed by atoms with Crippen LogP contribution in [0.4, 0.5) is 11.4 Å². The third-order valence-corrected chi connectivity index (χ3v) is 4.58. The van der Waals surface area contributed by atoms with Crippen LogP contribution < -0.4 is 14.8 Å². The average molecular weight is 431 g/mol. The lowest BCUT2D eigenvalue weighted by Crippen LogP contribution is -2.26. The molecule has 0 aromatic heterocycles. The van der Waals surface area contributed by atoms with Gasteiger partial charge in [0, 0.05) is 18.7 Å². The number of amides is 1. The van der Waals surface area contributed by atoms with Crippen molar-refractivity contribution in [2.75, 3.05) is 20.3 Å². The normalized spacial score (nSPS) is 10.4. The standard InChI is InChI=1S/C21H25N3O7/c1-3-4-5-14-31-20-18(30-2)11-10-17(19(20)24(28)29)21(25)22-13-12-15-6-8-16(9-7-15)23(26)27/h6-11H,3-5,12-14H2,1-2H3,(H,22,25). The Morgan fingerprint density at radius 3 is 2.32 bits per heavy atom. The number of rotatable bonds is 12. The van der Waals surface area contributed by atoms with E-state index in [1.54, 1.807) is 12.1 Å². The van der Waals surface area contributed by atoms with Crippen molar-refractivity contribution in [3.63, 3.8) is 0 Å². The molecule has 0 atom stereocenters. The van der Waals surface area contributed by atoms with E-state index in [9.17, 15) is 25.0 Å². The molecule has 0 radical (unpaired) electrons. The van der Waals surface area contributed by atoms with Gasteiger partial charge in [-0.1, -0.05) is 31.9 Å². The van der Waals surface area contributed by atoms with E-state index in [2.05, 4.69) is 5.32 Å². The number of nitrogens with one attached hydrogen (secondary N) is 1. The van der Waals surface area contributed by atoms with Crippen LogP contribution in [-0.2, 0) is 6.42 Å². The van der Waals surface area contributed by atoms with Gasteiger partial charge in [-0.2, -0.15) is 0 Å². The van der Waals surface area contributed by atoms with Crippen molar-refractivity contribution in [2.24, 2.45) is 0 Å². The highest BCUT2D eigenvalue weighted by Gasteiger charge is 2.29. The number of nitrogens with zero attached hydrogens (tertiary/aromatic N) is 2. The molecule has 31 heavy (non-hydrogen) atoms. The average Bonchev–Trinajstić information content (AvgIpc) is 2.76. The monoisotopic (exact) mass is 431 g/mol. The summed E-state index contributed by atoms with van der Waals surface area (Å²) in [6.45, 7) is 2.51. The van der Waals surface area contributed by atoms with Gasteiger partial charge in [0.1, 0.15) is 5.56 Å². The molecule has 2 aromatic carbocycles. The van der Waals surface area contributed by atoms with E-state index in [1.807, 2.05) is 6.92 Å². The predicted octanol–water partition coefficient (Wildman–Crippen LogP) is 4.05. The number of unbranched alkanes of at least 4 members (excludes halogenated alkanes) is 2. The molecule has 2 aromatic rings. The van der Waals surface area contributed by atoms with Crippen LogP contribution in [0.25, 0.3) is 0 Å². The SMILES string of the molecule is CCCCCOc1c(OC)ccc(C(=O)NCCc2ccc([N+](=O)[O-])cc2)c1[N+](=O)[O-]. The Labute approximate surface area is 179 Å². The van der Waals surface area contributed by atoms with Crippen molar-refractivity contribution in [1.82, 2.24) is 5.32 Å². The van der Waals surface area contributed by atoms with Gasteiger partial charge in [-0.25, -0.2) is 0 Å². The first-order valence-electron chi connectivity index (χ1n) is 9.88. The van der Waals surface area contributed by atoms with Gasteiger partial charge in [0.15, 0.2) is 5.75 Å². The van der Waals surface area contributed by atoms with Gasteiger partial charge >= 0.3 is 5.69 Å². The fourth-order valence-corrected chi connectivity index (χ4v) is 2.94. The van der Waals surface area contributed by atoms with Gasteiger partial charge in [0.05, 0.1) is 23.6 Å². The molecule has 0 aliphatic rings. The van der Waals surface area contributed by atoms with Gasteiger partial charge in [-0.05, 0) is 30.5 Å². The third-order valence-electron chi connectivity index (χ3n) is 4.58. The zero-order valence-electron chi connectivity index (χ0n) is 17.5. The fraction of sp³-hybridized carbons (Fsp3) is 0.381. The summed E-state index contributed by atoms with van der Waals surface area (Å²) in [7, 11) is 1.38. The second-order valence-corrected chi connectivity index (χ2v) is 6.74. The summed E-state index contributed by atoms with van der Waals surface area (Å²) in [6, 6.07) is 8.76. The summed E-state index contributed by atoms with van der Waals surface area (Å²) >= 11 is 0. The van der Waals surface area contributed by atoms with Crippen LogP contribution in [0.1, 0.15) is 42.1 Å². The number of carbonyl (C=O) groups is 1. The molecule has 0 spiro atoms. The predicted molar refractivity (Wildman–Crippen MR) is 114 cm³/mol. The smallest absolute Gasteiger partial charge is 0.327 e. The van der Waals surface area contributed by atoms with Crippen molar-refractivity contribution in [3.05, 3.63) is 67.8 Å². The molecule has 0 aliphatic carbocycles. The van der Waals surface area contributed by atoms with Gasteiger partial charge in [-0.15, -0.1) is 0 Å². The molecule has 0 unspecified atom stereocenters. The molecule has 10 nitrogen and oxygen atoms in total. The van der Waals surface area contributed by atoms with Crippen LogP contribution in [0.5, 0.6) is 11.5 Å². The molecule has 1 amide bonds. The third kappa shape index (κ3) is 6.39. The minimum Gasteiger partial charge on any atom is -0.493 e. The van der Waals surface area contributed by atoms with Gasteiger partial charge in [0.2, 0.25) is 5.75 Å². The maximum Gasteiger partial charge on any atom is 0.327 e. The van der Waals surface area contributed by atoms with Gasteiger partial charge < -0.3 is 14.8 Å². The molecule has 2 rings (SSSR count). The Morgan fingerprint density at radius 2 is 1.74 bits per heavy atom. The summed E-state index contributed by atoms with van der Waals surface area (Å²) in [5.74, 6) is -0.494. The molecule has 10 heteroatoms. The Bertz CT molecular complexity index is 929. The summed E-state index contributed by atoms with van der Waals surface area (Å²) in [5.41, 5.74) is 0.201. The van der Waals surface area contributed by atoms with Crippen LogP contribution in [0, 0.1) is 20.2 Å². The maximum absolute atomic E-state index is 12.6. The zero-order chi connectivity index (χ0) is 22.8. The molecule has 0 aliphatic heterocycles. The van der Waals surface area contributed by atoms with Crippen molar-refractivity contribution < 1.29 is 24.1 Å². The number of nitro benzene ring substituents is 2. The molecule has 0 saturated heterocycles. The molecular weight excluding hydrogens is 406 g/mol. The molecular formula is C21H25N3O7. The van der Waals surface area contributed by atoms with E-state index in [1.165, 1.54) is 31.4 Å². The molecule has 1 N–H and O–H groups in total. The van der Waals surface area contributed by atoms with Crippen LogP contribution in [0.3, 0.4) is 0 Å². The molecule has 0 saturated carbocycles. The van der Waals surface area contributed by atoms with E-state index < -0.39 is 21.4 Å². The highest BCUT2D eigenvalue weighted by atomic mass is 16.6. The summed E-state index contributed by atoms with van der Waals surface area (Å²) < 4.78 is 10.8. The fourth-order valence-electron chi connectivity index (χ4n) is 2.94. The van der Waals surface area contributed by atoms with Crippen LogP contribution in [0.2, 0.25) is 0 Å². The first-order chi connectivity index (χ1) is 14.9. The molecule has 0 bridgehead atoms. The summed E-state index contributed by atoms with van der Waals surface area (Å²) in [4.78, 5) is 33.9. The number of methoxy groups -OCH3 is 1. The minimum atomic E-state index is -0.650. The molecule has 0 heterocycles. The lowest BCUT2D eigenvalue weighted by atomic mass is 10.1. The lowest BCUT2D eigenvalue weighted by molar-refractivity contribution is -0.386. The Kier molecular flexibility index (Phi) is 8.74. The number of non-ortho nitro benzene ring substituents is 1. The quantitative estimate of drug-likeness (QED) is 0.304. The number of benzene rings is 2. The number of nitro groups is 2. The zero-order valence-corrected chi connectivity index (χ0v) is 17.5. The van der Waals surface area contributed by atoms with Crippen LogP contribution in [-0.4, -0.2) is 36.0 Å². The summed E-state index contributed by atoms with van der Waals surface area (Å²) in [6.07, 6.45) is 3.02. The van der Waals surface area contributed by atoms with E-state index in [4.69, 9.17) is 9.47 Å². The number of hydrogen-bond donors (Lipinski definition) is 1. The topological polar surface area (TPSA) is 134 Å². The van der Waals surface area contributed by atoms with E-state index in [-0.39, 0.29) is 35.9 Å². The van der Waals surface area contributed by atoms with E-state index >= 15 is 0 Å². The summed E-state index contributed by atoms with van der Waals surface area (Å²) in [5, 5.41) is 25.1.